The molecule has 0 aliphatic heterocycles. The summed E-state index contributed by atoms with van der Waals surface area (Å²) in [4.78, 5) is 27.5. The van der Waals surface area contributed by atoms with E-state index in [0.29, 0.717) is 11.3 Å². The normalized spacial score (nSPS) is 10.4. The number of aromatic nitrogens is 1. The Morgan fingerprint density at radius 3 is 2.72 bits per heavy atom. The van der Waals surface area contributed by atoms with Gasteiger partial charge in [-0.05, 0) is 24.6 Å². The number of carbonyl (C=O) groups is 1. The van der Waals surface area contributed by atoms with Crippen LogP contribution in [-0.4, -0.2) is 22.9 Å². The topological polar surface area (TPSA) is 104 Å². The zero-order chi connectivity index (χ0) is 21.0. The molecule has 3 aromatic rings. The summed E-state index contributed by atoms with van der Waals surface area (Å²) >= 11 is 1.39. The molecule has 0 bridgehead atoms. The molecule has 1 heterocycles. The van der Waals surface area contributed by atoms with Gasteiger partial charge in [-0.1, -0.05) is 6.07 Å². The predicted molar refractivity (Wildman–Crippen MR) is 105 cm³/mol. The Morgan fingerprint density at radius 2 is 2.10 bits per heavy atom. The van der Waals surface area contributed by atoms with Crippen molar-refractivity contribution in [1.82, 2.24) is 4.98 Å². The van der Waals surface area contributed by atoms with Crippen molar-refractivity contribution in [3.05, 3.63) is 74.0 Å². The highest BCUT2D eigenvalue weighted by atomic mass is 32.1. The Labute approximate surface area is 169 Å². The Kier molecular flexibility index (Phi) is 6.03. The van der Waals surface area contributed by atoms with Gasteiger partial charge < -0.3 is 14.8 Å². The van der Waals surface area contributed by atoms with Crippen molar-refractivity contribution >= 4 is 28.6 Å². The van der Waals surface area contributed by atoms with Gasteiger partial charge in [0.2, 0.25) is 0 Å². The lowest BCUT2D eigenvalue weighted by Gasteiger charge is -2.12. The number of benzene rings is 2. The maximum Gasteiger partial charge on any atom is 0.286 e. The van der Waals surface area contributed by atoms with Crippen LogP contribution in [0.3, 0.4) is 0 Å². The molecule has 8 nitrogen and oxygen atoms in total. The number of carbonyl (C=O) groups excluding carboxylic acids is 1. The molecule has 10 heteroatoms. The quantitative estimate of drug-likeness (QED) is 0.453. The summed E-state index contributed by atoms with van der Waals surface area (Å²) in [6, 6.07) is 6.48. The fourth-order valence-electron chi connectivity index (χ4n) is 2.48. The van der Waals surface area contributed by atoms with Crippen LogP contribution in [0.2, 0.25) is 0 Å². The van der Waals surface area contributed by atoms with E-state index in [1.807, 2.05) is 0 Å². The number of anilines is 1. The summed E-state index contributed by atoms with van der Waals surface area (Å²) in [5.74, 6) is -1.03. The van der Waals surface area contributed by atoms with Gasteiger partial charge in [-0.25, -0.2) is 9.37 Å². The molecule has 0 spiro atoms. The van der Waals surface area contributed by atoms with Gasteiger partial charge in [0.25, 0.3) is 11.6 Å². The van der Waals surface area contributed by atoms with Gasteiger partial charge in [-0.2, -0.15) is 0 Å². The third-order valence-corrected chi connectivity index (χ3v) is 4.65. The van der Waals surface area contributed by atoms with Crippen molar-refractivity contribution in [2.75, 3.05) is 12.4 Å². The minimum atomic E-state index is -0.774. The molecule has 0 aliphatic carbocycles. The number of aryl methyl sites for hydroxylation is 1. The van der Waals surface area contributed by atoms with Crippen LogP contribution in [0, 0.1) is 22.9 Å². The lowest BCUT2D eigenvalue weighted by Crippen LogP contribution is -2.15. The van der Waals surface area contributed by atoms with E-state index in [1.165, 1.54) is 36.6 Å². The number of hydrogen-bond donors (Lipinski definition) is 1. The average Bonchev–Trinajstić information content (AvgIpc) is 3.22. The van der Waals surface area contributed by atoms with Crippen molar-refractivity contribution in [3.63, 3.8) is 0 Å². The molecule has 0 aliphatic rings. The van der Waals surface area contributed by atoms with Crippen LogP contribution < -0.4 is 14.8 Å². The molecule has 29 heavy (non-hydrogen) atoms. The first-order chi connectivity index (χ1) is 13.9. The first-order valence-corrected chi connectivity index (χ1v) is 9.27. The van der Waals surface area contributed by atoms with E-state index in [9.17, 15) is 19.3 Å². The first-order valence-electron chi connectivity index (χ1n) is 8.33. The molecule has 0 radical (unpaired) electrons. The van der Waals surface area contributed by atoms with E-state index < -0.39 is 22.3 Å². The second-order valence-electron chi connectivity index (χ2n) is 5.96. The highest BCUT2D eigenvalue weighted by Crippen LogP contribution is 2.35. The molecular formula is C19H16FN3O5S. The van der Waals surface area contributed by atoms with Crippen LogP contribution >= 0.6 is 11.3 Å². The van der Waals surface area contributed by atoms with E-state index >= 15 is 0 Å². The first kappa shape index (κ1) is 20.2. The average molecular weight is 417 g/mol. The molecular weight excluding hydrogens is 401 g/mol. The molecule has 0 atom stereocenters. The fourth-order valence-corrected chi connectivity index (χ4v) is 3.03. The van der Waals surface area contributed by atoms with Crippen LogP contribution in [-0.2, 0) is 6.61 Å². The number of methoxy groups -OCH3 is 1. The SMILES string of the molecule is COc1cc(C(=O)Nc2ccc(C)c(F)c2)c([N+](=O)[O-])cc1OCc1cscn1. The van der Waals surface area contributed by atoms with Gasteiger partial charge in [0.05, 0.1) is 29.3 Å². The van der Waals surface area contributed by atoms with Gasteiger partial charge in [0.15, 0.2) is 11.5 Å². The number of nitro groups is 1. The molecule has 0 saturated heterocycles. The van der Waals surface area contributed by atoms with Gasteiger partial charge >= 0.3 is 0 Å². The number of rotatable bonds is 7. The summed E-state index contributed by atoms with van der Waals surface area (Å²) in [6.07, 6.45) is 0. The number of halogens is 1. The fraction of sp³-hybridized carbons (Fsp3) is 0.158. The van der Waals surface area contributed by atoms with Crippen LogP contribution in [0.1, 0.15) is 21.6 Å². The minimum absolute atomic E-state index is 0.0885. The van der Waals surface area contributed by atoms with Crippen LogP contribution in [0.5, 0.6) is 11.5 Å². The smallest absolute Gasteiger partial charge is 0.286 e. The highest BCUT2D eigenvalue weighted by Gasteiger charge is 2.25. The largest absolute Gasteiger partial charge is 0.493 e. The van der Waals surface area contributed by atoms with Gasteiger partial charge in [-0.15, -0.1) is 11.3 Å². The number of hydrogen-bond acceptors (Lipinski definition) is 7. The molecule has 2 aromatic carbocycles. The summed E-state index contributed by atoms with van der Waals surface area (Å²) in [5.41, 5.74) is 2.17. The van der Waals surface area contributed by atoms with Crippen molar-refractivity contribution < 1.29 is 23.6 Å². The second-order valence-corrected chi connectivity index (χ2v) is 6.68. The number of nitro benzene ring substituents is 1. The van der Waals surface area contributed by atoms with Crippen molar-refractivity contribution in [2.24, 2.45) is 0 Å². The third-order valence-electron chi connectivity index (χ3n) is 4.01. The van der Waals surface area contributed by atoms with E-state index in [4.69, 9.17) is 9.47 Å². The Hall–Kier alpha value is -3.53. The minimum Gasteiger partial charge on any atom is -0.493 e. The van der Waals surface area contributed by atoms with Crippen LogP contribution in [0.15, 0.2) is 41.2 Å². The number of nitrogens with zero attached hydrogens (tertiary/aromatic N) is 2. The van der Waals surface area contributed by atoms with Crippen molar-refractivity contribution in [2.45, 2.75) is 13.5 Å². The van der Waals surface area contributed by atoms with Crippen molar-refractivity contribution in [1.29, 1.82) is 0 Å². The van der Waals surface area contributed by atoms with Crippen molar-refractivity contribution in [3.8, 4) is 11.5 Å². The molecule has 0 unspecified atom stereocenters. The monoisotopic (exact) mass is 417 g/mol. The predicted octanol–water partition coefficient (Wildman–Crippen LogP) is 4.34. The zero-order valence-corrected chi connectivity index (χ0v) is 16.3. The van der Waals surface area contributed by atoms with E-state index in [-0.39, 0.29) is 29.4 Å². The van der Waals surface area contributed by atoms with Gasteiger partial charge in [0.1, 0.15) is 18.0 Å². The molecule has 0 fully saturated rings. The third kappa shape index (κ3) is 4.66. The second kappa shape index (κ2) is 8.65. The van der Waals surface area contributed by atoms with E-state index in [2.05, 4.69) is 10.3 Å². The zero-order valence-electron chi connectivity index (χ0n) is 15.5. The lowest BCUT2D eigenvalue weighted by atomic mass is 10.1. The highest BCUT2D eigenvalue weighted by molar-refractivity contribution is 7.07. The lowest BCUT2D eigenvalue weighted by molar-refractivity contribution is -0.385. The summed E-state index contributed by atoms with van der Waals surface area (Å²) in [6.45, 7) is 1.67. The van der Waals surface area contributed by atoms with Crippen LogP contribution in [0.25, 0.3) is 0 Å². The molecule has 0 saturated carbocycles. The molecule has 1 amide bonds. The number of thiazole rings is 1. The molecule has 1 aromatic heterocycles. The number of amides is 1. The summed E-state index contributed by atoms with van der Waals surface area (Å²) < 4.78 is 24.5. The molecule has 1 N–H and O–H groups in total. The summed E-state index contributed by atoms with van der Waals surface area (Å²) in [5, 5.41) is 15.8. The van der Waals surface area contributed by atoms with E-state index in [0.717, 1.165) is 12.1 Å². The number of ether oxygens (including phenoxy) is 2. The molecule has 3 rings (SSSR count). The van der Waals surface area contributed by atoms with Gasteiger partial charge in [0, 0.05) is 17.1 Å². The van der Waals surface area contributed by atoms with E-state index in [1.54, 1.807) is 17.8 Å². The maximum absolute atomic E-state index is 13.7. The standard InChI is InChI=1S/C19H16FN3O5S/c1-11-3-4-12(5-15(11)20)22-19(24)14-6-17(27-2)18(7-16(14)23(25)26)28-8-13-9-29-10-21-13/h3-7,9-10H,8H2,1-2H3,(H,22,24). The molecule has 150 valence electrons. The number of nitrogens with one attached hydrogen (secondary N) is 1. The van der Waals surface area contributed by atoms with Gasteiger partial charge in [-0.3, -0.25) is 14.9 Å². The summed E-state index contributed by atoms with van der Waals surface area (Å²) in [7, 11) is 1.36. The Bertz CT molecular complexity index is 1060. The Morgan fingerprint density at radius 1 is 1.31 bits per heavy atom. The maximum atomic E-state index is 13.7. The Balaban J connectivity index is 1.91. The van der Waals surface area contributed by atoms with Crippen LogP contribution in [0.4, 0.5) is 15.8 Å².